The molecular formula is C12H22. The zero-order chi connectivity index (χ0) is 8.93. The predicted octanol–water partition coefficient (Wildman–Crippen LogP) is 3.71. The maximum atomic E-state index is 2.49. The summed E-state index contributed by atoms with van der Waals surface area (Å²) >= 11 is 0. The molecule has 0 aromatic heterocycles. The Morgan fingerprint density at radius 1 is 1.33 bits per heavy atom. The molecule has 0 heterocycles. The Morgan fingerprint density at radius 2 is 2.00 bits per heavy atom. The standard InChI is InChI=1S/C12H22/c1-5-6-9-7-10-11(8(9)2)12(10,3)4/h8-11H,5-7H2,1-4H3. The molecule has 4 unspecified atom stereocenters. The van der Waals surface area contributed by atoms with Crippen LogP contribution in [-0.2, 0) is 0 Å². The lowest BCUT2D eigenvalue weighted by Gasteiger charge is -2.22. The van der Waals surface area contributed by atoms with E-state index in [2.05, 4.69) is 27.7 Å². The molecule has 2 saturated carbocycles. The second-order valence-electron chi connectivity index (χ2n) is 5.60. The van der Waals surface area contributed by atoms with Crippen LogP contribution in [0.15, 0.2) is 0 Å². The van der Waals surface area contributed by atoms with Crippen molar-refractivity contribution in [1.29, 1.82) is 0 Å². The average Bonchev–Trinajstić information content (AvgIpc) is 2.36. The van der Waals surface area contributed by atoms with Crippen molar-refractivity contribution in [3.8, 4) is 0 Å². The molecule has 0 spiro atoms. The van der Waals surface area contributed by atoms with Crippen LogP contribution in [0.3, 0.4) is 0 Å². The molecule has 2 aliphatic rings. The van der Waals surface area contributed by atoms with Gasteiger partial charge in [-0.25, -0.2) is 0 Å². The summed E-state index contributed by atoms with van der Waals surface area (Å²) in [4.78, 5) is 0. The summed E-state index contributed by atoms with van der Waals surface area (Å²) in [6, 6.07) is 0. The van der Waals surface area contributed by atoms with Crippen LogP contribution in [-0.4, -0.2) is 0 Å². The fourth-order valence-electron chi connectivity index (χ4n) is 3.87. The van der Waals surface area contributed by atoms with Gasteiger partial charge in [-0.15, -0.1) is 0 Å². The molecule has 70 valence electrons. The molecule has 2 fully saturated rings. The fourth-order valence-corrected chi connectivity index (χ4v) is 3.87. The van der Waals surface area contributed by atoms with Crippen LogP contribution in [0.1, 0.15) is 47.0 Å². The lowest BCUT2D eigenvalue weighted by atomic mass is 9.83. The van der Waals surface area contributed by atoms with Gasteiger partial charge in [-0.05, 0) is 35.5 Å². The van der Waals surface area contributed by atoms with Gasteiger partial charge in [-0.3, -0.25) is 0 Å². The van der Waals surface area contributed by atoms with E-state index in [1.807, 2.05) is 0 Å². The number of rotatable bonds is 2. The summed E-state index contributed by atoms with van der Waals surface area (Å²) in [5.74, 6) is 4.25. The Morgan fingerprint density at radius 3 is 2.42 bits per heavy atom. The monoisotopic (exact) mass is 166 g/mol. The van der Waals surface area contributed by atoms with Crippen LogP contribution in [0.4, 0.5) is 0 Å². The van der Waals surface area contributed by atoms with Crippen molar-refractivity contribution in [3.63, 3.8) is 0 Å². The van der Waals surface area contributed by atoms with E-state index in [1.165, 1.54) is 19.3 Å². The zero-order valence-electron chi connectivity index (χ0n) is 8.93. The Bertz CT molecular complexity index is 180. The van der Waals surface area contributed by atoms with Gasteiger partial charge in [0.15, 0.2) is 0 Å². The Labute approximate surface area is 76.7 Å². The minimum absolute atomic E-state index is 0.712. The summed E-state index contributed by atoms with van der Waals surface area (Å²) in [5, 5.41) is 0. The number of hydrogen-bond acceptors (Lipinski definition) is 0. The van der Waals surface area contributed by atoms with Crippen LogP contribution in [0, 0.1) is 29.1 Å². The molecule has 0 aromatic rings. The molecule has 2 aliphatic carbocycles. The second-order valence-corrected chi connectivity index (χ2v) is 5.60. The molecule has 0 heteroatoms. The third kappa shape index (κ3) is 0.963. The molecule has 2 rings (SSSR count). The van der Waals surface area contributed by atoms with Crippen LogP contribution in [0.25, 0.3) is 0 Å². The normalized spacial score (nSPS) is 49.0. The first-order valence-corrected chi connectivity index (χ1v) is 5.59. The van der Waals surface area contributed by atoms with Gasteiger partial charge < -0.3 is 0 Å². The molecule has 4 atom stereocenters. The topological polar surface area (TPSA) is 0 Å². The first-order chi connectivity index (χ1) is 5.59. The summed E-state index contributed by atoms with van der Waals surface area (Å²) in [6.07, 6.45) is 4.39. The molecule has 0 aliphatic heterocycles. The molecule has 0 nitrogen and oxygen atoms in total. The molecule has 0 radical (unpaired) electrons. The lowest BCUT2D eigenvalue weighted by Crippen LogP contribution is -2.14. The Balaban J connectivity index is 1.97. The maximum Gasteiger partial charge on any atom is -0.0289 e. The average molecular weight is 166 g/mol. The molecule has 0 N–H and O–H groups in total. The van der Waals surface area contributed by atoms with Crippen LogP contribution >= 0.6 is 0 Å². The van der Waals surface area contributed by atoms with Crippen molar-refractivity contribution in [2.75, 3.05) is 0 Å². The molecule has 0 saturated heterocycles. The minimum Gasteiger partial charge on any atom is -0.0654 e. The van der Waals surface area contributed by atoms with Crippen molar-refractivity contribution >= 4 is 0 Å². The lowest BCUT2D eigenvalue weighted by molar-refractivity contribution is 0.273. The SMILES string of the molecule is CCCC1CC2C(C1C)C2(C)C. The van der Waals surface area contributed by atoms with Crippen molar-refractivity contribution < 1.29 is 0 Å². The third-order valence-corrected chi connectivity index (χ3v) is 4.67. The van der Waals surface area contributed by atoms with Crippen molar-refractivity contribution in [2.24, 2.45) is 29.1 Å². The highest BCUT2D eigenvalue weighted by Gasteiger charge is 2.64. The van der Waals surface area contributed by atoms with Crippen LogP contribution in [0.2, 0.25) is 0 Å². The van der Waals surface area contributed by atoms with Gasteiger partial charge in [0, 0.05) is 0 Å². The molecular weight excluding hydrogens is 144 g/mol. The Hall–Kier alpha value is 0. The summed E-state index contributed by atoms with van der Waals surface area (Å²) in [7, 11) is 0. The summed E-state index contributed by atoms with van der Waals surface area (Å²) in [5.41, 5.74) is 0.712. The first kappa shape index (κ1) is 8.59. The smallest absolute Gasteiger partial charge is 0.0289 e. The summed E-state index contributed by atoms with van der Waals surface area (Å²) in [6.45, 7) is 9.73. The van der Waals surface area contributed by atoms with Crippen LogP contribution < -0.4 is 0 Å². The van der Waals surface area contributed by atoms with Gasteiger partial charge in [0.25, 0.3) is 0 Å². The van der Waals surface area contributed by atoms with E-state index in [0.717, 1.165) is 23.7 Å². The van der Waals surface area contributed by atoms with Crippen LogP contribution in [0.5, 0.6) is 0 Å². The molecule has 12 heavy (non-hydrogen) atoms. The predicted molar refractivity (Wildman–Crippen MR) is 52.9 cm³/mol. The first-order valence-electron chi connectivity index (χ1n) is 5.59. The van der Waals surface area contributed by atoms with Gasteiger partial charge in [-0.1, -0.05) is 40.5 Å². The Kier molecular flexibility index (Phi) is 1.79. The van der Waals surface area contributed by atoms with E-state index < -0.39 is 0 Å². The third-order valence-electron chi connectivity index (χ3n) is 4.67. The van der Waals surface area contributed by atoms with E-state index in [0.29, 0.717) is 5.41 Å². The van der Waals surface area contributed by atoms with Gasteiger partial charge in [-0.2, -0.15) is 0 Å². The van der Waals surface area contributed by atoms with E-state index >= 15 is 0 Å². The summed E-state index contributed by atoms with van der Waals surface area (Å²) < 4.78 is 0. The molecule has 0 amide bonds. The van der Waals surface area contributed by atoms with E-state index in [9.17, 15) is 0 Å². The highest BCUT2D eigenvalue weighted by atomic mass is 14.7. The van der Waals surface area contributed by atoms with Gasteiger partial charge in [0.05, 0.1) is 0 Å². The number of hydrogen-bond donors (Lipinski definition) is 0. The zero-order valence-corrected chi connectivity index (χ0v) is 8.93. The van der Waals surface area contributed by atoms with Crippen molar-refractivity contribution in [3.05, 3.63) is 0 Å². The highest BCUT2D eigenvalue weighted by Crippen LogP contribution is 2.70. The molecule has 0 bridgehead atoms. The van der Waals surface area contributed by atoms with Gasteiger partial charge in [0.1, 0.15) is 0 Å². The highest BCUT2D eigenvalue weighted by molar-refractivity contribution is 5.12. The van der Waals surface area contributed by atoms with E-state index in [-0.39, 0.29) is 0 Å². The van der Waals surface area contributed by atoms with E-state index in [1.54, 1.807) is 0 Å². The van der Waals surface area contributed by atoms with E-state index in [4.69, 9.17) is 0 Å². The maximum absolute atomic E-state index is 2.49. The van der Waals surface area contributed by atoms with Gasteiger partial charge in [0.2, 0.25) is 0 Å². The van der Waals surface area contributed by atoms with Gasteiger partial charge >= 0.3 is 0 Å². The number of fused-ring (bicyclic) bond motifs is 1. The minimum atomic E-state index is 0.712. The second kappa shape index (κ2) is 2.49. The molecule has 0 aromatic carbocycles. The fraction of sp³-hybridized carbons (Fsp3) is 1.00. The van der Waals surface area contributed by atoms with Crippen molar-refractivity contribution in [1.82, 2.24) is 0 Å². The largest absolute Gasteiger partial charge is 0.0654 e. The van der Waals surface area contributed by atoms with Crippen molar-refractivity contribution in [2.45, 2.75) is 47.0 Å². The quantitative estimate of drug-likeness (QED) is 0.586.